The van der Waals surface area contributed by atoms with E-state index in [2.05, 4.69) is 16.0 Å². The van der Waals surface area contributed by atoms with Crippen molar-refractivity contribution in [2.75, 3.05) is 44.6 Å². The average molecular weight is 1180 g/mol. The van der Waals surface area contributed by atoms with Gasteiger partial charge in [-0.15, -0.1) is 0 Å². The number of nitrogens with zero attached hydrogens (tertiary/aromatic N) is 1. The number of primary amides is 1. The molecule has 21 heteroatoms. The first-order valence-corrected chi connectivity index (χ1v) is 29.4. The van der Waals surface area contributed by atoms with Gasteiger partial charge in [0.15, 0.2) is 5.78 Å². The number of carbonyl (C=O) groups is 8. The fourth-order valence-corrected chi connectivity index (χ4v) is 11.3. The van der Waals surface area contributed by atoms with Crippen LogP contribution >= 0.6 is 11.6 Å². The first-order valence-electron chi connectivity index (χ1n) is 29.0. The number of Topliss-reactive ketones (excluding diaryl/α,β-unsaturated/α-hetero) is 2. The predicted octanol–water partition coefficient (Wildman–Crippen LogP) is 8.75. The molecule has 4 bridgehead atoms. The van der Waals surface area contributed by atoms with Crippen molar-refractivity contribution in [3.05, 3.63) is 75.8 Å². The molecule has 3 aliphatic heterocycles. The number of methoxy groups -OCH3 is 2. The summed E-state index contributed by atoms with van der Waals surface area (Å²) in [5.74, 6) is -3.44. The van der Waals surface area contributed by atoms with Crippen molar-refractivity contribution >= 4 is 70.4 Å². The maximum Gasteiger partial charge on any atom is 0.412 e. The summed E-state index contributed by atoms with van der Waals surface area (Å²) in [6.45, 7) is 15.2. The van der Waals surface area contributed by atoms with Gasteiger partial charge in [0.05, 0.1) is 50.3 Å². The highest BCUT2D eigenvalue weighted by molar-refractivity contribution is 6.35. The number of carbonyl (C=O) groups excluding carboxylic acids is 8. The average Bonchev–Trinajstić information content (AvgIpc) is 2.23. The number of aryl methyl sites for hydroxylation is 1. The number of epoxide rings is 1. The number of fused-ring (bicyclic) bond motifs is 5. The number of aliphatic hydroxyl groups is 1. The first-order chi connectivity index (χ1) is 39.3. The Morgan fingerprint density at radius 3 is 2.37 bits per heavy atom. The number of urea groups is 1. The predicted molar refractivity (Wildman–Crippen MR) is 314 cm³/mol. The van der Waals surface area contributed by atoms with E-state index in [4.69, 9.17) is 45.8 Å². The molecule has 9 atom stereocenters. The Labute approximate surface area is 493 Å². The van der Waals surface area contributed by atoms with Gasteiger partial charge in [-0.2, -0.15) is 0 Å². The quantitative estimate of drug-likeness (QED) is 0.0269. The fraction of sp³-hybridized carbons (Fsp3) is 0.613. The van der Waals surface area contributed by atoms with Crippen LogP contribution in [0.15, 0.2) is 54.1 Å². The molecule has 2 aromatic rings. The molecule has 0 radical (unpaired) electrons. The van der Waals surface area contributed by atoms with Crippen molar-refractivity contribution in [3.8, 4) is 5.75 Å². The smallest absolute Gasteiger partial charge is 0.412 e. The van der Waals surface area contributed by atoms with Crippen molar-refractivity contribution in [3.63, 3.8) is 0 Å². The normalized spacial score (nSPS) is 24.5. The fourth-order valence-electron chi connectivity index (χ4n) is 11.0. The zero-order valence-electron chi connectivity index (χ0n) is 50.2. The summed E-state index contributed by atoms with van der Waals surface area (Å²) in [6.07, 6.45) is 4.42. The number of ether oxygens (including phenoxy) is 6. The van der Waals surface area contributed by atoms with Crippen LogP contribution in [0.25, 0.3) is 0 Å². The Balaban J connectivity index is 1.31. The number of ketones is 2. The summed E-state index contributed by atoms with van der Waals surface area (Å²) in [6, 6.07) is 6.83. The molecule has 0 unspecified atom stereocenters. The van der Waals surface area contributed by atoms with Crippen LogP contribution in [0, 0.1) is 30.6 Å². The van der Waals surface area contributed by atoms with E-state index in [-0.39, 0.29) is 92.5 Å². The Morgan fingerprint density at radius 2 is 1.72 bits per heavy atom. The molecule has 5 rings (SSSR count). The molecule has 83 heavy (non-hydrogen) atoms. The lowest BCUT2D eigenvalue weighted by atomic mass is 9.78. The SMILES string of the molecule is CCC(CC)C(=O)OCCCCCC(=O)C[C@H](C(=O)N[C@@H](CCCNC(N)=O)C(=O)Cc1ccc(NC(=O)O[C@H]2CC(=O)N(C)c3cc(cc(OC)c3Cl)C/C(C)=C/C=C/[C@@H](OC)[C@]3(O)CC(=O)O[C@@H](C3)[C@@H](C)[C@@H]3O[C@@]23C)c(C)c1)C(C)C. The number of allylic oxidation sites excluding steroid dienone is 3. The van der Waals surface area contributed by atoms with Gasteiger partial charge in [-0.05, 0) is 113 Å². The van der Waals surface area contributed by atoms with Gasteiger partial charge in [-0.1, -0.05) is 82.2 Å². The van der Waals surface area contributed by atoms with Crippen LogP contribution in [0.4, 0.5) is 21.0 Å². The number of hydrogen-bond donors (Lipinski definition) is 5. The Bertz CT molecular complexity index is 2710. The molecular weight excluding hydrogens is 1090 g/mol. The number of hydrogen-bond acceptors (Lipinski definition) is 15. The van der Waals surface area contributed by atoms with E-state index in [9.17, 15) is 43.5 Å². The van der Waals surface area contributed by atoms with Gasteiger partial charge in [0, 0.05) is 63.9 Å². The Morgan fingerprint density at radius 1 is 1.00 bits per heavy atom. The van der Waals surface area contributed by atoms with Gasteiger partial charge in [-0.25, -0.2) is 9.59 Å². The lowest BCUT2D eigenvalue weighted by Gasteiger charge is -2.41. The minimum absolute atomic E-state index is 0.00808. The Kier molecular flexibility index (Phi) is 25.2. The van der Waals surface area contributed by atoms with Gasteiger partial charge in [0.25, 0.3) is 0 Å². The van der Waals surface area contributed by atoms with Crippen LogP contribution in [-0.2, 0) is 65.3 Å². The van der Waals surface area contributed by atoms with E-state index in [0.717, 1.165) is 24.0 Å². The summed E-state index contributed by atoms with van der Waals surface area (Å²) in [5.41, 5.74) is 5.86. The lowest BCUT2D eigenvalue weighted by Crippen LogP contribution is -2.53. The van der Waals surface area contributed by atoms with Gasteiger partial charge >= 0.3 is 24.1 Å². The van der Waals surface area contributed by atoms with E-state index in [1.54, 1.807) is 70.3 Å². The summed E-state index contributed by atoms with van der Waals surface area (Å²) in [4.78, 5) is 108. The maximum absolute atomic E-state index is 14.5. The standard InChI is InChI=1S/C62H88ClN5O15/c1-12-42(13-2)58(74)80-26-16-14-15-20-43(69)32-44(36(3)4)57(73)66-46(21-18-25-65-59(64)75)48(70)30-40-23-24-45(38(6)28-40)67-60(76)82-52-33-53(71)68(9)47-29-41(31-49(78-10)55(47)63)27-37(5)19-17-22-51(79-11)62(77)34-50(81-54(72)35-62)39(7)56-61(52,8)83-56/h17,19,22-24,28-29,31,36,39,42,44,46,50-52,56,77H,12-16,18,20-21,25-27,30,32-35H2,1-11H3,(H,66,73)(H,67,76)(H3,64,65,75)/b22-17+,37-19+/t39-,44+,46+,50+,51-,52+,56+,61+,62-/m1/s1. The summed E-state index contributed by atoms with van der Waals surface area (Å²) >= 11 is 6.86. The molecule has 0 aromatic heterocycles. The summed E-state index contributed by atoms with van der Waals surface area (Å²) < 4.78 is 35.1. The molecule has 0 aliphatic carbocycles. The van der Waals surface area contributed by atoms with Crippen LogP contribution in [-0.4, -0.2) is 129 Å². The summed E-state index contributed by atoms with van der Waals surface area (Å²) in [5, 5.41) is 20.4. The van der Waals surface area contributed by atoms with E-state index in [0.29, 0.717) is 60.4 Å². The van der Waals surface area contributed by atoms with E-state index in [1.807, 2.05) is 40.7 Å². The molecule has 458 valence electrons. The number of rotatable bonds is 25. The third-order valence-electron chi connectivity index (χ3n) is 16.3. The molecule has 2 saturated heterocycles. The van der Waals surface area contributed by atoms with E-state index >= 15 is 0 Å². The molecule has 0 saturated carbocycles. The van der Waals surface area contributed by atoms with E-state index < -0.39 is 83.4 Å². The van der Waals surface area contributed by atoms with E-state index in [1.165, 1.54) is 19.1 Å². The number of halogens is 1. The number of nitrogens with two attached hydrogens (primary N) is 1. The maximum atomic E-state index is 14.5. The first kappa shape index (κ1) is 67.4. The second-order valence-electron chi connectivity index (χ2n) is 23.0. The third-order valence-corrected chi connectivity index (χ3v) is 16.7. The molecule has 2 fully saturated rings. The van der Waals surface area contributed by atoms with Crippen LogP contribution in [0.2, 0.25) is 5.02 Å². The number of esters is 2. The molecule has 3 heterocycles. The monoisotopic (exact) mass is 1180 g/mol. The van der Waals surface area contributed by atoms with Gasteiger partial charge in [0.1, 0.15) is 46.1 Å². The molecule has 3 aliphatic rings. The lowest BCUT2D eigenvalue weighted by molar-refractivity contribution is -0.187. The van der Waals surface area contributed by atoms with Crippen LogP contribution < -0.4 is 31.3 Å². The Hall–Kier alpha value is -6.35. The number of nitrogens with one attached hydrogen (secondary N) is 3. The molecule has 20 nitrogen and oxygen atoms in total. The van der Waals surface area contributed by atoms with Crippen LogP contribution in [0.3, 0.4) is 0 Å². The topological polar surface area (TPSA) is 281 Å². The van der Waals surface area contributed by atoms with Crippen molar-refractivity contribution < 1.29 is 71.9 Å². The second-order valence-corrected chi connectivity index (χ2v) is 23.4. The summed E-state index contributed by atoms with van der Waals surface area (Å²) in [7, 11) is 4.49. The molecule has 5 amide bonds. The van der Waals surface area contributed by atoms with Crippen molar-refractivity contribution in [2.24, 2.45) is 29.4 Å². The highest BCUT2D eigenvalue weighted by Gasteiger charge is 2.64. The van der Waals surface area contributed by atoms with Crippen molar-refractivity contribution in [2.45, 2.75) is 187 Å². The third kappa shape index (κ3) is 18.8. The number of amides is 5. The molecular formula is C62H88ClN5O15. The second kappa shape index (κ2) is 31.0. The number of anilines is 2. The van der Waals surface area contributed by atoms with Gasteiger partial charge in [-0.3, -0.25) is 34.1 Å². The number of benzene rings is 2. The van der Waals surface area contributed by atoms with Gasteiger partial charge in [0.2, 0.25) is 11.8 Å². The van der Waals surface area contributed by atoms with Crippen molar-refractivity contribution in [1.82, 2.24) is 10.6 Å². The van der Waals surface area contributed by atoms with Crippen LogP contribution in [0.1, 0.15) is 142 Å². The van der Waals surface area contributed by atoms with Crippen LogP contribution in [0.5, 0.6) is 5.75 Å². The number of unbranched alkanes of at least 4 members (excludes halogenated alkanes) is 2. The molecule has 2 aromatic carbocycles. The highest BCUT2D eigenvalue weighted by atomic mass is 35.5. The van der Waals surface area contributed by atoms with Crippen molar-refractivity contribution in [1.29, 1.82) is 0 Å². The minimum Gasteiger partial charge on any atom is -0.495 e. The molecule has 0 spiro atoms. The van der Waals surface area contributed by atoms with Gasteiger partial charge < -0.3 is 54.8 Å². The zero-order chi connectivity index (χ0) is 61.3. The largest absolute Gasteiger partial charge is 0.495 e. The zero-order valence-corrected chi connectivity index (χ0v) is 50.9. The minimum atomic E-state index is -1.64. The highest BCUT2D eigenvalue weighted by Crippen LogP contribution is 2.50. The molecule has 6 N–H and O–H groups in total.